The summed E-state index contributed by atoms with van der Waals surface area (Å²) >= 11 is 0. The second-order valence-corrected chi connectivity index (χ2v) is 9.45. The minimum Gasteiger partial charge on any atom is -0.462 e. The third kappa shape index (κ3) is 2.46. The maximum absolute atomic E-state index is 11.7. The summed E-state index contributed by atoms with van der Waals surface area (Å²) in [6, 6.07) is 0. The van der Waals surface area contributed by atoms with E-state index in [0.717, 1.165) is 38.5 Å². The SMILES string of the molecule is CC(=O)O[C@H]1CC[C@@]2(C)C(=C/C(=N\[O])C3C2CC[C@@]2(C)C3CC[C@@H]2O)C1. The van der Waals surface area contributed by atoms with Crippen LogP contribution < -0.4 is 0 Å². The van der Waals surface area contributed by atoms with Gasteiger partial charge in [0.1, 0.15) is 6.10 Å². The number of aliphatic hydroxyl groups excluding tert-OH is 1. The molecule has 1 radical (unpaired) electrons. The quantitative estimate of drug-likeness (QED) is 0.573. The smallest absolute Gasteiger partial charge is 0.302 e. The van der Waals surface area contributed by atoms with E-state index in [1.807, 2.05) is 6.08 Å². The Kier molecular flexibility index (Phi) is 4.22. The van der Waals surface area contributed by atoms with Crippen molar-refractivity contribution < 1.29 is 19.8 Å². The van der Waals surface area contributed by atoms with Crippen molar-refractivity contribution in [1.29, 1.82) is 0 Å². The van der Waals surface area contributed by atoms with Gasteiger partial charge in [-0.3, -0.25) is 4.79 Å². The molecule has 0 spiro atoms. The number of allylic oxidation sites excluding steroid dienone is 1. The number of ether oxygens (including phenoxy) is 1. The van der Waals surface area contributed by atoms with Gasteiger partial charge in [0.05, 0.1) is 11.8 Å². The summed E-state index contributed by atoms with van der Waals surface area (Å²) < 4.78 is 5.46. The molecule has 0 heterocycles. The molecule has 0 bridgehead atoms. The first-order chi connectivity index (χ1) is 12.3. The highest BCUT2D eigenvalue weighted by Gasteiger charge is 2.60. The van der Waals surface area contributed by atoms with Gasteiger partial charge in [-0.25, -0.2) is 0 Å². The zero-order valence-electron chi connectivity index (χ0n) is 16.0. The van der Waals surface area contributed by atoms with E-state index >= 15 is 0 Å². The van der Waals surface area contributed by atoms with Crippen LogP contribution in [0.3, 0.4) is 0 Å². The molecule has 0 aliphatic heterocycles. The van der Waals surface area contributed by atoms with Gasteiger partial charge in [-0.1, -0.05) is 19.4 Å². The Balaban J connectivity index is 1.70. The number of hydrogen-bond donors (Lipinski definition) is 1. The molecule has 5 nitrogen and oxygen atoms in total. The summed E-state index contributed by atoms with van der Waals surface area (Å²) in [7, 11) is 0. The fourth-order valence-corrected chi connectivity index (χ4v) is 6.79. The molecule has 26 heavy (non-hydrogen) atoms. The van der Waals surface area contributed by atoms with Gasteiger partial charge in [0, 0.05) is 19.3 Å². The van der Waals surface area contributed by atoms with Crippen molar-refractivity contribution >= 4 is 11.7 Å². The van der Waals surface area contributed by atoms with Crippen molar-refractivity contribution in [1.82, 2.24) is 0 Å². The Labute approximate surface area is 155 Å². The van der Waals surface area contributed by atoms with E-state index in [9.17, 15) is 15.1 Å². The second-order valence-electron chi connectivity index (χ2n) is 9.45. The fraction of sp³-hybridized carbons (Fsp3) is 0.810. The largest absolute Gasteiger partial charge is 0.462 e. The lowest BCUT2D eigenvalue weighted by Crippen LogP contribution is -2.54. The van der Waals surface area contributed by atoms with Crippen LogP contribution in [0, 0.1) is 28.6 Å². The van der Waals surface area contributed by atoms with Gasteiger partial charge >= 0.3 is 5.97 Å². The molecule has 0 aromatic heterocycles. The van der Waals surface area contributed by atoms with Gasteiger partial charge in [-0.15, -0.1) is 5.21 Å². The zero-order valence-corrected chi connectivity index (χ0v) is 16.0. The van der Waals surface area contributed by atoms with Gasteiger partial charge in [-0.2, -0.15) is 0 Å². The summed E-state index contributed by atoms with van der Waals surface area (Å²) in [5, 5.41) is 25.8. The molecular weight excluding hydrogens is 330 g/mol. The van der Waals surface area contributed by atoms with Crippen LogP contribution in [0.2, 0.25) is 0 Å². The van der Waals surface area contributed by atoms with Crippen molar-refractivity contribution in [2.45, 2.75) is 77.9 Å². The highest BCUT2D eigenvalue weighted by Crippen LogP contribution is 2.64. The lowest BCUT2D eigenvalue weighted by molar-refractivity contribution is -0.148. The highest BCUT2D eigenvalue weighted by molar-refractivity contribution is 5.99. The third-order valence-electron chi connectivity index (χ3n) is 8.31. The molecule has 0 amide bonds. The Morgan fingerprint density at radius 2 is 1.96 bits per heavy atom. The monoisotopic (exact) mass is 360 g/mol. The number of aliphatic hydroxyl groups is 1. The first-order valence-corrected chi connectivity index (χ1v) is 10.1. The van der Waals surface area contributed by atoms with Gasteiger partial charge in [0.15, 0.2) is 0 Å². The molecule has 3 unspecified atom stereocenters. The molecule has 0 saturated heterocycles. The van der Waals surface area contributed by atoms with Crippen LogP contribution in [-0.4, -0.2) is 29.0 Å². The van der Waals surface area contributed by atoms with E-state index in [4.69, 9.17) is 4.74 Å². The van der Waals surface area contributed by atoms with Crippen LogP contribution >= 0.6 is 0 Å². The molecule has 1 N–H and O–H groups in total. The minimum atomic E-state index is -0.265. The maximum Gasteiger partial charge on any atom is 0.302 e. The Morgan fingerprint density at radius 3 is 2.65 bits per heavy atom. The average molecular weight is 360 g/mol. The Morgan fingerprint density at radius 1 is 1.19 bits per heavy atom. The third-order valence-corrected chi connectivity index (χ3v) is 8.31. The molecule has 5 heteroatoms. The normalized spacial score (nSPS) is 49.0. The number of rotatable bonds is 1. The molecular formula is C21H30NO4. The predicted molar refractivity (Wildman–Crippen MR) is 96.8 cm³/mol. The van der Waals surface area contributed by atoms with Crippen LogP contribution in [-0.2, 0) is 14.7 Å². The summed E-state index contributed by atoms with van der Waals surface area (Å²) in [5.74, 6) is 0.656. The molecule has 143 valence electrons. The van der Waals surface area contributed by atoms with Crippen LogP contribution in [0.1, 0.15) is 65.7 Å². The van der Waals surface area contributed by atoms with E-state index < -0.39 is 0 Å². The average Bonchev–Trinajstić information content (AvgIpc) is 2.89. The van der Waals surface area contributed by atoms with Gasteiger partial charge in [0.25, 0.3) is 0 Å². The topological polar surface area (TPSA) is 78.8 Å². The van der Waals surface area contributed by atoms with Crippen LogP contribution in [0.15, 0.2) is 16.8 Å². The summed E-state index contributed by atoms with van der Waals surface area (Å²) in [4.78, 5) is 11.4. The fourth-order valence-electron chi connectivity index (χ4n) is 6.79. The highest BCUT2D eigenvalue weighted by atomic mass is 16.5. The molecule has 3 saturated carbocycles. The number of fused-ring (bicyclic) bond motifs is 5. The first kappa shape index (κ1) is 18.0. The Bertz CT molecular complexity index is 671. The number of carbonyl (C=O) groups is 1. The van der Waals surface area contributed by atoms with Crippen molar-refractivity contribution in [3.63, 3.8) is 0 Å². The zero-order chi connectivity index (χ0) is 18.7. The van der Waals surface area contributed by atoms with Crippen molar-refractivity contribution in [2.75, 3.05) is 0 Å². The summed E-state index contributed by atoms with van der Waals surface area (Å²) in [5.41, 5.74) is 1.85. The standard InChI is InChI=1S/C21H30NO4/c1-12(23)26-14-6-8-20(2)13(10-14)11-17(22-25)19-15-4-5-18(24)21(15,3)9-7-16(19)20/h11,14-16,18-19,24H,4-10H2,1-3H3/b22-17+/t14-,15?,16?,18-,19?,20-,21-/m0/s1. The van der Waals surface area contributed by atoms with Crippen molar-refractivity contribution in [2.24, 2.45) is 33.7 Å². The molecule has 4 aliphatic carbocycles. The maximum atomic E-state index is 11.7. The van der Waals surface area contributed by atoms with Crippen LogP contribution in [0.5, 0.6) is 0 Å². The first-order valence-electron chi connectivity index (χ1n) is 10.1. The number of hydrogen-bond acceptors (Lipinski definition) is 4. The molecule has 0 aromatic carbocycles. The van der Waals surface area contributed by atoms with Crippen molar-refractivity contribution in [3.05, 3.63) is 11.6 Å². The van der Waals surface area contributed by atoms with Gasteiger partial charge in [0.2, 0.25) is 0 Å². The lowest BCUT2D eigenvalue weighted by atomic mass is 9.47. The van der Waals surface area contributed by atoms with E-state index in [1.165, 1.54) is 12.5 Å². The van der Waals surface area contributed by atoms with E-state index in [-0.39, 0.29) is 34.9 Å². The number of carbonyl (C=O) groups excluding carboxylic acids is 1. The van der Waals surface area contributed by atoms with Gasteiger partial charge < -0.3 is 9.84 Å². The lowest BCUT2D eigenvalue weighted by Gasteiger charge is -2.57. The minimum absolute atomic E-state index is 0.0460. The second kappa shape index (κ2) is 6.08. The molecule has 0 aromatic rings. The summed E-state index contributed by atoms with van der Waals surface area (Å²) in [6.45, 7) is 5.99. The molecule has 4 aliphatic rings. The number of esters is 1. The predicted octanol–water partition coefficient (Wildman–Crippen LogP) is 3.64. The van der Waals surface area contributed by atoms with Crippen molar-refractivity contribution in [3.8, 4) is 0 Å². The summed E-state index contributed by atoms with van der Waals surface area (Å²) in [6.07, 6.45) is 8.09. The molecule has 7 atom stereocenters. The molecule has 4 rings (SSSR count). The van der Waals surface area contributed by atoms with Crippen LogP contribution in [0.25, 0.3) is 0 Å². The Hall–Kier alpha value is -1.36. The molecule has 3 fully saturated rings. The van der Waals surface area contributed by atoms with Crippen LogP contribution in [0.4, 0.5) is 0 Å². The van der Waals surface area contributed by atoms with Gasteiger partial charge in [-0.05, 0) is 72.4 Å². The number of nitrogens with zero attached hydrogens (tertiary/aromatic N) is 1. The van der Waals surface area contributed by atoms with E-state index in [0.29, 0.717) is 24.0 Å². The van der Waals surface area contributed by atoms with E-state index in [2.05, 4.69) is 19.0 Å². The van der Waals surface area contributed by atoms with E-state index in [1.54, 1.807) is 0 Å².